The highest BCUT2D eigenvalue weighted by molar-refractivity contribution is 5.78. The third-order valence-corrected chi connectivity index (χ3v) is 5.64. The Bertz CT molecular complexity index is 1040. The lowest BCUT2D eigenvalue weighted by Crippen LogP contribution is -2.50. The van der Waals surface area contributed by atoms with Crippen LogP contribution in [0.2, 0.25) is 0 Å². The van der Waals surface area contributed by atoms with Crippen LogP contribution in [0.1, 0.15) is 40.2 Å². The summed E-state index contributed by atoms with van der Waals surface area (Å²) in [6, 6.07) is 10.6. The van der Waals surface area contributed by atoms with Crippen molar-refractivity contribution in [2.24, 2.45) is 5.92 Å². The van der Waals surface area contributed by atoms with Gasteiger partial charge in [0.15, 0.2) is 0 Å². The fraction of sp³-hybridized carbons (Fsp3) is 0.478. The summed E-state index contributed by atoms with van der Waals surface area (Å²) in [6.07, 6.45) is 1.78. The number of anilines is 1. The molecule has 1 aliphatic heterocycles. The van der Waals surface area contributed by atoms with Gasteiger partial charge in [-0.05, 0) is 17.0 Å². The van der Waals surface area contributed by atoms with Crippen molar-refractivity contribution in [1.82, 2.24) is 24.5 Å². The SMILES string of the molecule is CC(C)C(=O)N1CCN(c2nc3nccc(-c4ccc(C(C)(C)C)cc4)n3n2)CC1. The molecule has 0 aliphatic carbocycles. The summed E-state index contributed by atoms with van der Waals surface area (Å²) in [5.41, 5.74) is 3.46. The van der Waals surface area contributed by atoms with E-state index < -0.39 is 0 Å². The fourth-order valence-corrected chi connectivity index (χ4v) is 3.77. The highest BCUT2D eigenvalue weighted by Gasteiger charge is 2.25. The zero-order valence-electron chi connectivity index (χ0n) is 18.5. The van der Waals surface area contributed by atoms with Crippen molar-refractivity contribution >= 4 is 17.6 Å². The molecule has 0 saturated carbocycles. The van der Waals surface area contributed by atoms with Gasteiger partial charge in [-0.15, -0.1) is 5.10 Å². The van der Waals surface area contributed by atoms with Crippen LogP contribution in [0.25, 0.3) is 17.0 Å². The van der Waals surface area contributed by atoms with Gasteiger partial charge in [0.25, 0.3) is 5.78 Å². The standard InChI is InChI=1S/C23H30N6O/c1-16(2)20(30)27-12-14-28(15-13-27)22-25-21-24-11-10-19(29(21)26-22)17-6-8-18(9-7-17)23(3,4)5/h6-11,16H,12-15H2,1-5H3. The van der Waals surface area contributed by atoms with Crippen LogP contribution in [0.5, 0.6) is 0 Å². The van der Waals surface area contributed by atoms with Gasteiger partial charge in [-0.3, -0.25) is 4.79 Å². The predicted octanol–water partition coefficient (Wildman–Crippen LogP) is 3.39. The number of amides is 1. The minimum absolute atomic E-state index is 0.0290. The van der Waals surface area contributed by atoms with Crippen molar-refractivity contribution in [2.75, 3.05) is 31.1 Å². The van der Waals surface area contributed by atoms with Gasteiger partial charge >= 0.3 is 0 Å². The molecule has 0 N–H and O–H groups in total. The zero-order chi connectivity index (χ0) is 21.5. The summed E-state index contributed by atoms with van der Waals surface area (Å²) in [5, 5.41) is 4.75. The largest absolute Gasteiger partial charge is 0.339 e. The number of rotatable bonds is 3. The minimum Gasteiger partial charge on any atom is -0.339 e. The number of carbonyl (C=O) groups is 1. The monoisotopic (exact) mass is 406 g/mol. The first-order chi connectivity index (χ1) is 14.2. The Kier molecular flexibility index (Phi) is 5.22. The Hall–Kier alpha value is -2.96. The van der Waals surface area contributed by atoms with E-state index in [2.05, 4.69) is 59.9 Å². The van der Waals surface area contributed by atoms with E-state index in [4.69, 9.17) is 5.10 Å². The number of aromatic nitrogens is 4. The van der Waals surface area contributed by atoms with Gasteiger partial charge in [0.1, 0.15) is 0 Å². The Labute approximate surface area is 177 Å². The molecule has 0 bridgehead atoms. The van der Waals surface area contributed by atoms with Gasteiger partial charge in [0.2, 0.25) is 11.9 Å². The molecule has 7 heteroatoms. The molecule has 7 nitrogen and oxygen atoms in total. The molecule has 1 amide bonds. The quantitative estimate of drug-likeness (QED) is 0.667. The number of nitrogens with zero attached hydrogens (tertiary/aromatic N) is 6. The number of hydrogen-bond acceptors (Lipinski definition) is 5. The molecule has 3 aromatic rings. The van der Waals surface area contributed by atoms with E-state index in [0.29, 0.717) is 24.8 Å². The van der Waals surface area contributed by atoms with Crippen LogP contribution >= 0.6 is 0 Å². The van der Waals surface area contributed by atoms with Gasteiger partial charge < -0.3 is 9.80 Å². The molecule has 2 aromatic heterocycles. The first kappa shape index (κ1) is 20.3. The van der Waals surface area contributed by atoms with Crippen molar-refractivity contribution in [3.8, 4) is 11.3 Å². The maximum Gasteiger partial charge on any atom is 0.254 e. The number of fused-ring (bicyclic) bond motifs is 1. The van der Waals surface area contributed by atoms with E-state index in [9.17, 15) is 4.79 Å². The van der Waals surface area contributed by atoms with Crippen LogP contribution in [0.15, 0.2) is 36.5 Å². The molecule has 3 heterocycles. The highest BCUT2D eigenvalue weighted by Crippen LogP contribution is 2.26. The van der Waals surface area contributed by atoms with Crippen LogP contribution in [-0.2, 0) is 10.2 Å². The van der Waals surface area contributed by atoms with Crippen LogP contribution in [-0.4, -0.2) is 56.6 Å². The molecule has 4 rings (SSSR count). The number of carbonyl (C=O) groups excluding carboxylic acids is 1. The van der Waals surface area contributed by atoms with E-state index in [1.54, 1.807) is 6.20 Å². The Morgan fingerprint density at radius 3 is 2.27 bits per heavy atom. The average molecular weight is 407 g/mol. The Morgan fingerprint density at radius 2 is 1.67 bits per heavy atom. The van der Waals surface area contributed by atoms with Crippen molar-refractivity contribution in [1.29, 1.82) is 0 Å². The van der Waals surface area contributed by atoms with Gasteiger partial charge in [0, 0.05) is 43.9 Å². The number of piperazine rings is 1. The van der Waals surface area contributed by atoms with E-state index in [1.807, 2.05) is 29.3 Å². The van der Waals surface area contributed by atoms with Crippen molar-refractivity contribution in [2.45, 2.75) is 40.0 Å². The van der Waals surface area contributed by atoms with E-state index >= 15 is 0 Å². The summed E-state index contributed by atoms with van der Waals surface area (Å²) in [6.45, 7) is 13.4. The summed E-state index contributed by atoms with van der Waals surface area (Å²) in [5.74, 6) is 1.49. The van der Waals surface area contributed by atoms with Crippen molar-refractivity contribution in [3.05, 3.63) is 42.1 Å². The van der Waals surface area contributed by atoms with Crippen LogP contribution < -0.4 is 4.90 Å². The summed E-state index contributed by atoms with van der Waals surface area (Å²) in [7, 11) is 0. The molecule has 158 valence electrons. The number of hydrogen-bond donors (Lipinski definition) is 0. The van der Waals surface area contributed by atoms with Crippen LogP contribution in [0.4, 0.5) is 5.95 Å². The molecule has 0 radical (unpaired) electrons. The van der Waals surface area contributed by atoms with Gasteiger partial charge in [-0.25, -0.2) is 4.98 Å². The first-order valence-electron chi connectivity index (χ1n) is 10.6. The van der Waals surface area contributed by atoms with Crippen molar-refractivity contribution < 1.29 is 4.79 Å². The molecule has 1 aromatic carbocycles. The molecule has 0 unspecified atom stereocenters. The molecule has 0 atom stereocenters. The van der Waals surface area contributed by atoms with Crippen molar-refractivity contribution in [3.63, 3.8) is 0 Å². The van der Waals surface area contributed by atoms with E-state index in [1.165, 1.54) is 5.56 Å². The maximum absolute atomic E-state index is 12.2. The highest BCUT2D eigenvalue weighted by atomic mass is 16.2. The normalized spacial score (nSPS) is 15.3. The summed E-state index contributed by atoms with van der Waals surface area (Å²) < 4.78 is 1.81. The lowest BCUT2D eigenvalue weighted by Gasteiger charge is -2.34. The first-order valence-corrected chi connectivity index (χ1v) is 10.6. The zero-order valence-corrected chi connectivity index (χ0v) is 18.5. The summed E-state index contributed by atoms with van der Waals surface area (Å²) >= 11 is 0. The Balaban J connectivity index is 1.58. The minimum atomic E-state index is 0.0290. The van der Waals surface area contributed by atoms with Gasteiger partial charge in [0.05, 0.1) is 5.69 Å². The fourth-order valence-electron chi connectivity index (χ4n) is 3.77. The smallest absolute Gasteiger partial charge is 0.254 e. The Morgan fingerprint density at radius 1 is 1.00 bits per heavy atom. The molecular formula is C23H30N6O. The molecule has 0 spiro atoms. The lowest BCUT2D eigenvalue weighted by molar-refractivity contribution is -0.134. The molecular weight excluding hydrogens is 376 g/mol. The van der Waals surface area contributed by atoms with Crippen LogP contribution in [0, 0.1) is 5.92 Å². The second-order valence-corrected chi connectivity index (χ2v) is 9.25. The lowest BCUT2D eigenvalue weighted by atomic mass is 9.86. The maximum atomic E-state index is 12.2. The second kappa shape index (κ2) is 7.70. The predicted molar refractivity (Wildman–Crippen MR) is 119 cm³/mol. The molecule has 1 saturated heterocycles. The molecule has 30 heavy (non-hydrogen) atoms. The summed E-state index contributed by atoms with van der Waals surface area (Å²) in [4.78, 5) is 25.3. The van der Waals surface area contributed by atoms with Crippen LogP contribution in [0.3, 0.4) is 0 Å². The number of benzene rings is 1. The van der Waals surface area contributed by atoms with Gasteiger partial charge in [-0.1, -0.05) is 58.9 Å². The van der Waals surface area contributed by atoms with E-state index in [0.717, 1.165) is 24.3 Å². The van der Waals surface area contributed by atoms with Gasteiger partial charge in [-0.2, -0.15) is 9.50 Å². The average Bonchev–Trinajstić information content (AvgIpc) is 3.17. The third kappa shape index (κ3) is 3.88. The second-order valence-electron chi connectivity index (χ2n) is 9.25. The molecule has 1 fully saturated rings. The van der Waals surface area contributed by atoms with E-state index in [-0.39, 0.29) is 17.2 Å². The molecule has 1 aliphatic rings. The third-order valence-electron chi connectivity index (χ3n) is 5.64. The topological polar surface area (TPSA) is 66.6 Å².